The third-order valence-corrected chi connectivity index (χ3v) is 9.14. The van der Waals surface area contributed by atoms with Crippen molar-refractivity contribution in [1.82, 2.24) is 0 Å². The van der Waals surface area contributed by atoms with E-state index < -0.39 is 7.82 Å². The van der Waals surface area contributed by atoms with E-state index in [1.54, 1.807) is 0 Å². The van der Waals surface area contributed by atoms with Gasteiger partial charge in [-0.15, -0.1) is 0 Å². The Bertz CT molecular complexity index is 530. The molecule has 1 saturated carbocycles. The van der Waals surface area contributed by atoms with E-state index in [0.29, 0.717) is 12.5 Å². The molecule has 0 N–H and O–H groups in total. The molecule has 1 saturated heterocycles. The van der Waals surface area contributed by atoms with Gasteiger partial charge < -0.3 is 18.4 Å². The van der Waals surface area contributed by atoms with Gasteiger partial charge in [-0.1, -0.05) is 90.4 Å². The van der Waals surface area contributed by atoms with Gasteiger partial charge >= 0.3 is 0 Å². The van der Waals surface area contributed by atoms with Gasteiger partial charge in [0, 0.05) is 0 Å². The molecule has 0 aromatic rings. The molecule has 1 unspecified atom stereocenters. The SMILES string of the molecule is CCCCCCCCCCCCC1CCC(COP(=O)([O-])OCC[N+]2(C)CCCCC2)CC1. The van der Waals surface area contributed by atoms with Crippen LogP contribution in [0.3, 0.4) is 0 Å². The first-order valence-corrected chi connectivity index (χ1v) is 15.8. The second-order valence-corrected chi connectivity index (χ2v) is 12.7. The lowest BCUT2D eigenvalue weighted by Gasteiger charge is -2.38. The molecule has 1 heterocycles. The van der Waals surface area contributed by atoms with Crippen molar-refractivity contribution < 1.29 is 23.0 Å². The zero-order valence-electron chi connectivity index (χ0n) is 21.9. The van der Waals surface area contributed by atoms with Gasteiger partial charge in [-0.3, -0.25) is 4.57 Å². The second-order valence-electron chi connectivity index (χ2n) is 11.3. The number of piperidine rings is 1. The topological polar surface area (TPSA) is 58.6 Å². The summed E-state index contributed by atoms with van der Waals surface area (Å²) in [5.74, 6) is 1.20. The van der Waals surface area contributed by atoms with Crippen molar-refractivity contribution in [3.05, 3.63) is 0 Å². The molecule has 2 aliphatic rings. The van der Waals surface area contributed by atoms with Gasteiger partial charge in [0.1, 0.15) is 13.2 Å². The summed E-state index contributed by atoms with van der Waals surface area (Å²) in [4.78, 5) is 12.2. The first-order chi connectivity index (χ1) is 15.9. The minimum atomic E-state index is -4.17. The van der Waals surface area contributed by atoms with Crippen LogP contribution in [-0.4, -0.2) is 44.4 Å². The summed E-state index contributed by atoms with van der Waals surface area (Å²) in [7, 11) is -1.97. The highest BCUT2D eigenvalue weighted by atomic mass is 31.2. The molecule has 6 heteroatoms. The van der Waals surface area contributed by atoms with E-state index in [0.717, 1.165) is 42.9 Å². The predicted molar refractivity (Wildman–Crippen MR) is 136 cm³/mol. The third kappa shape index (κ3) is 13.7. The number of likely N-dealkylation sites (N-methyl/N-ethyl adjacent to an activating group) is 1. The molecule has 0 aromatic heterocycles. The summed E-state index contributed by atoms with van der Waals surface area (Å²) in [6.45, 7) is 5.81. The van der Waals surface area contributed by atoms with E-state index in [4.69, 9.17) is 9.05 Å². The number of rotatable bonds is 18. The minimum Gasteiger partial charge on any atom is -0.756 e. The van der Waals surface area contributed by atoms with Crippen molar-refractivity contribution in [1.29, 1.82) is 0 Å². The largest absolute Gasteiger partial charge is 0.756 e. The molecule has 0 radical (unpaired) electrons. The Balaban J connectivity index is 1.44. The number of nitrogens with zero attached hydrogens (tertiary/aromatic N) is 1. The Morgan fingerprint density at radius 3 is 1.94 bits per heavy atom. The summed E-state index contributed by atoms with van der Waals surface area (Å²) in [5, 5.41) is 0. The van der Waals surface area contributed by atoms with Crippen LogP contribution in [0, 0.1) is 11.8 Å². The van der Waals surface area contributed by atoms with Crippen LogP contribution in [0.15, 0.2) is 0 Å². The van der Waals surface area contributed by atoms with E-state index in [9.17, 15) is 9.46 Å². The molecular formula is C27H54NO4P. The van der Waals surface area contributed by atoms with Gasteiger partial charge in [-0.2, -0.15) is 0 Å². The number of unbranched alkanes of at least 4 members (excludes halogenated alkanes) is 9. The van der Waals surface area contributed by atoms with E-state index >= 15 is 0 Å². The van der Waals surface area contributed by atoms with Gasteiger partial charge in [-0.25, -0.2) is 0 Å². The number of phosphoric acid groups is 1. The van der Waals surface area contributed by atoms with Crippen LogP contribution < -0.4 is 4.89 Å². The first kappa shape index (κ1) is 29.3. The number of hydrogen-bond acceptors (Lipinski definition) is 4. The van der Waals surface area contributed by atoms with Crippen LogP contribution in [0.1, 0.15) is 122 Å². The summed E-state index contributed by atoms with van der Waals surface area (Å²) in [5.41, 5.74) is 0. The highest BCUT2D eigenvalue weighted by Gasteiger charge is 2.26. The smallest absolute Gasteiger partial charge is 0.268 e. The number of likely N-dealkylation sites (tertiary alicyclic amines) is 1. The average Bonchev–Trinajstić information content (AvgIpc) is 2.80. The standard InChI is InChI=1S/C27H54NO4P/c1-3-4-5-6-7-8-9-10-11-13-16-26-17-19-27(20-18-26)25-32-33(29,30)31-24-23-28(2)21-14-12-15-22-28/h26-27H,3-25H2,1-2H3. The summed E-state index contributed by atoms with van der Waals surface area (Å²) in [6.07, 6.45) is 23.7. The van der Waals surface area contributed by atoms with Crippen molar-refractivity contribution in [3.63, 3.8) is 0 Å². The maximum atomic E-state index is 12.2. The lowest BCUT2D eigenvalue weighted by atomic mass is 9.80. The van der Waals surface area contributed by atoms with E-state index in [1.807, 2.05) is 0 Å². The molecule has 5 nitrogen and oxygen atoms in total. The molecule has 0 bridgehead atoms. The molecule has 0 amide bonds. The second kappa shape index (κ2) is 16.7. The Kier molecular flexibility index (Phi) is 14.8. The predicted octanol–water partition coefficient (Wildman–Crippen LogP) is 7.24. The summed E-state index contributed by atoms with van der Waals surface area (Å²) < 4.78 is 23.5. The molecule has 2 fully saturated rings. The Hall–Kier alpha value is 0.0700. The van der Waals surface area contributed by atoms with Crippen LogP contribution in [-0.2, 0) is 13.6 Å². The van der Waals surface area contributed by atoms with Crippen molar-refractivity contribution >= 4 is 7.82 Å². The van der Waals surface area contributed by atoms with Crippen LogP contribution >= 0.6 is 7.82 Å². The summed E-state index contributed by atoms with van der Waals surface area (Å²) >= 11 is 0. The quantitative estimate of drug-likeness (QED) is 0.116. The zero-order chi connectivity index (χ0) is 23.8. The van der Waals surface area contributed by atoms with Crippen molar-refractivity contribution in [2.45, 2.75) is 122 Å². The lowest BCUT2D eigenvalue weighted by molar-refractivity contribution is -0.914. The fraction of sp³-hybridized carbons (Fsp3) is 1.00. The van der Waals surface area contributed by atoms with Crippen molar-refractivity contribution in [2.24, 2.45) is 11.8 Å². The molecule has 2 rings (SSSR count). The number of quaternary nitrogens is 1. The maximum Gasteiger partial charge on any atom is 0.268 e. The molecule has 196 valence electrons. The van der Waals surface area contributed by atoms with Crippen LogP contribution in [0.5, 0.6) is 0 Å². The fourth-order valence-electron chi connectivity index (χ4n) is 5.71. The van der Waals surface area contributed by atoms with E-state index in [2.05, 4.69) is 14.0 Å². The Labute approximate surface area is 205 Å². The lowest BCUT2D eigenvalue weighted by Crippen LogP contribution is -2.49. The minimum absolute atomic E-state index is 0.239. The highest BCUT2D eigenvalue weighted by Crippen LogP contribution is 2.41. The normalized spacial score (nSPS) is 25.1. The van der Waals surface area contributed by atoms with Crippen LogP contribution in [0.25, 0.3) is 0 Å². The van der Waals surface area contributed by atoms with Gasteiger partial charge in [0.25, 0.3) is 7.82 Å². The highest BCUT2D eigenvalue weighted by molar-refractivity contribution is 7.45. The van der Waals surface area contributed by atoms with Gasteiger partial charge in [0.15, 0.2) is 0 Å². The van der Waals surface area contributed by atoms with E-state index in [-0.39, 0.29) is 6.61 Å². The fourth-order valence-corrected chi connectivity index (χ4v) is 6.49. The Morgan fingerprint density at radius 2 is 1.33 bits per heavy atom. The third-order valence-electron chi connectivity index (χ3n) is 8.18. The molecular weight excluding hydrogens is 433 g/mol. The van der Waals surface area contributed by atoms with Crippen LogP contribution in [0.4, 0.5) is 0 Å². The number of phosphoric ester groups is 1. The van der Waals surface area contributed by atoms with Gasteiger partial charge in [0.05, 0.1) is 26.7 Å². The first-order valence-electron chi connectivity index (χ1n) is 14.4. The number of hydrogen-bond donors (Lipinski definition) is 0. The average molecular weight is 488 g/mol. The van der Waals surface area contributed by atoms with Crippen molar-refractivity contribution in [2.75, 3.05) is 39.9 Å². The molecule has 0 spiro atoms. The molecule has 1 aliphatic carbocycles. The molecule has 1 aliphatic heterocycles. The molecule has 1 atom stereocenters. The van der Waals surface area contributed by atoms with Gasteiger partial charge in [0.2, 0.25) is 0 Å². The van der Waals surface area contributed by atoms with Crippen LogP contribution in [0.2, 0.25) is 0 Å². The maximum absolute atomic E-state index is 12.2. The molecule has 33 heavy (non-hydrogen) atoms. The Morgan fingerprint density at radius 1 is 0.788 bits per heavy atom. The van der Waals surface area contributed by atoms with E-state index in [1.165, 1.54) is 103 Å². The summed E-state index contributed by atoms with van der Waals surface area (Å²) in [6, 6.07) is 0. The van der Waals surface area contributed by atoms with Gasteiger partial charge in [-0.05, 0) is 43.9 Å². The molecule has 0 aromatic carbocycles. The monoisotopic (exact) mass is 487 g/mol. The zero-order valence-corrected chi connectivity index (χ0v) is 22.8. The van der Waals surface area contributed by atoms with Crippen molar-refractivity contribution in [3.8, 4) is 0 Å².